The van der Waals surface area contributed by atoms with Crippen LogP contribution in [0, 0.1) is 0 Å². The van der Waals surface area contributed by atoms with Gasteiger partial charge in [0, 0.05) is 0 Å². The average Bonchev–Trinajstić information content (AvgIpc) is 1.99. The second-order valence-corrected chi connectivity index (χ2v) is 5.26. The lowest BCUT2D eigenvalue weighted by atomic mass is 10.2. The van der Waals surface area contributed by atoms with E-state index in [0.29, 0.717) is 17.6 Å². The Morgan fingerprint density at radius 3 is 1.88 bits per heavy atom. The molecule has 6 heteroatoms. The second-order valence-electron chi connectivity index (χ2n) is 5.26. The molecule has 2 N–H and O–H groups in total. The highest BCUT2D eigenvalue weighted by Gasteiger charge is 2.27. The summed E-state index contributed by atoms with van der Waals surface area (Å²) in [5.41, 5.74) is -0.500. The minimum Gasteiger partial charge on any atom is -1.00 e. The van der Waals surface area contributed by atoms with Crippen molar-refractivity contribution < 1.29 is 41.2 Å². The number of rotatable bonds is 6. The first-order valence-corrected chi connectivity index (χ1v) is 5.49. The van der Waals surface area contributed by atoms with E-state index in [4.69, 9.17) is 14.9 Å². The van der Waals surface area contributed by atoms with Crippen LogP contribution in [-0.2, 0) is 9.53 Å². The zero-order valence-corrected chi connectivity index (χ0v) is 12.7. The fourth-order valence-electron chi connectivity index (χ4n) is 1.44. The van der Waals surface area contributed by atoms with Crippen molar-refractivity contribution in [1.82, 2.24) is 0 Å². The van der Waals surface area contributed by atoms with E-state index in [1.54, 1.807) is 0 Å². The van der Waals surface area contributed by atoms with Gasteiger partial charge in [0.05, 0.1) is 20.3 Å². The van der Waals surface area contributed by atoms with E-state index < -0.39 is 5.60 Å². The summed E-state index contributed by atoms with van der Waals surface area (Å²) in [5, 5.41) is 17.8. The number of hydrogen-bond donors (Lipinski definition) is 2. The van der Waals surface area contributed by atoms with Crippen LogP contribution in [0.15, 0.2) is 0 Å². The van der Waals surface area contributed by atoms with Crippen LogP contribution in [0.3, 0.4) is 0 Å². The van der Waals surface area contributed by atoms with Gasteiger partial charge in [-0.3, -0.25) is 0 Å². The summed E-state index contributed by atoms with van der Waals surface area (Å²) < 4.78 is 5.50. The number of likely N-dealkylation sites (N-methyl/N-ethyl adjacent to an activating group) is 1. The first kappa shape index (κ1) is 19.2. The molecule has 0 spiro atoms. The molecule has 0 radical (unpaired) electrons. The summed E-state index contributed by atoms with van der Waals surface area (Å²) in [7, 11) is 1.82. The van der Waals surface area contributed by atoms with E-state index in [9.17, 15) is 4.79 Å². The molecule has 0 bridgehead atoms. The van der Waals surface area contributed by atoms with Crippen molar-refractivity contribution in [3.05, 3.63) is 0 Å². The molecular formula is C11H24BrNO4. The third-order valence-electron chi connectivity index (χ3n) is 2.21. The highest BCUT2D eigenvalue weighted by molar-refractivity contribution is 5.71. The van der Waals surface area contributed by atoms with Crippen molar-refractivity contribution in [1.29, 1.82) is 0 Å². The number of carbonyl (C=O) groups excluding carboxylic acids is 1. The molecule has 5 nitrogen and oxygen atoms in total. The quantitative estimate of drug-likeness (QED) is 0.400. The molecule has 0 aliphatic rings. The van der Waals surface area contributed by atoms with Crippen LogP contribution in [0.2, 0.25) is 0 Å². The molecule has 0 saturated heterocycles. The summed E-state index contributed by atoms with van der Waals surface area (Å²) in [5.74, 6) is -0.308. The molecule has 0 rings (SSSR count). The summed E-state index contributed by atoms with van der Waals surface area (Å²) in [6.45, 7) is 6.44. The van der Waals surface area contributed by atoms with Gasteiger partial charge in [-0.15, -0.1) is 0 Å². The predicted molar refractivity (Wildman–Crippen MR) is 60.8 cm³/mol. The largest absolute Gasteiger partial charge is 1.00 e. The van der Waals surface area contributed by atoms with Crippen LogP contribution in [0.5, 0.6) is 0 Å². The number of halogens is 1. The summed E-state index contributed by atoms with van der Waals surface area (Å²) in [6.07, 6.45) is 0. The molecule has 0 aromatic rings. The number of carbonyl (C=O) groups is 1. The maximum atomic E-state index is 11.6. The molecule has 104 valence electrons. The smallest absolute Gasteiger partial charge is 0.362 e. The predicted octanol–water partition coefficient (Wildman–Crippen LogP) is -3.24. The Kier molecular flexibility index (Phi) is 9.05. The Morgan fingerprint density at radius 2 is 1.59 bits per heavy atom. The SMILES string of the molecule is CC(C)(C)OC(=O)C[N+](C)(CCO)CCO.[Br-]. The van der Waals surface area contributed by atoms with Crippen LogP contribution in [0.4, 0.5) is 0 Å². The summed E-state index contributed by atoms with van der Waals surface area (Å²) in [6, 6.07) is 0. The molecule has 0 aliphatic carbocycles. The normalized spacial score (nSPS) is 11.9. The first-order valence-electron chi connectivity index (χ1n) is 5.49. The van der Waals surface area contributed by atoms with Gasteiger partial charge in [0.2, 0.25) is 0 Å². The molecule has 0 amide bonds. The van der Waals surface area contributed by atoms with Crippen molar-refractivity contribution in [2.45, 2.75) is 26.4 Å². The highest BCUT2D eigenvalue weighted by Crippen LogP contribution is 2.09. The first-order chi connectivity index (χ1) is 7.22. The highest BCUT2D eigenvalue weighted by atomic mass is 79.9. The third-order valence-corrected chi connectivity index (χ3v) is 2.21. The van der Waals surface area contributed by atoms with Crippen LogP contribution in [-0.4, -0.2) is 66.2 Å². The van der Waals surface area contributed by atoms with Crippen molar-refractivity contribution in [2.75, 3.05) is 39.9 Å². The third kappa shape index (κ3) is 9.52. The van der Waals surface area contributed by atoms with Crippen molar-refractivity contribution in [3.8, 4) is 0 Å². The van der Waals surface area contributed by atoms with Crippen LogP contribution in [0.1, 0.15) is 20.8 Å². The van der Waals surface area contributed by atoms with E-state index in [2.05, 4.69) is 0 Å². The Bertz CT molecular complexity index is 222. The molecule has 0 aromatic carbocycles. The van der Waals surface area contributed by atoms with Gasteiger partial charge in [-0.2, -0.15) is 0 Å². The number of ether oxygens (including phenoxy) is 1. The van der Waals surface area contributed by atoms with Gasteiger partial charge in [-0.25, -0.2) is 4.79 Å². The number of nitrogens with zero attached hydrogens (tertiary/aromatic N) is 1. The molecule has 0 saturated carbocycles. The van der Waals surface area contributed by atoms with Crippen LogP contribution < -0.4 is 17.0 Å². The van der Waals surface area contributed by atoms with Crippen LogP contribution in [0.25, 0.3) is 0 Å². The second kappa shape index (κ2) is 8.02. The maximum Gasteiger partial charge on any atom is 0.362 e. The average molecular weight is 314 g/mol. The zero-order chi connectivity index (χ0) is 12.8. The molecule has 0 atom stereocenters. The van der Waals surface area contributed by atoms with Crippen molar-refractivity contribution in [2.24, 2.45) is 0 Å². The number of aliphatic hydroxyl groups excluding tert-OH is 2. The van der Waals surface area contributed by atoms with E-state index in [1.165, 1.54) is 0 Å². The standard InChI is InChI=1S/C11H24NO4.BrH/c1-11(2,3)16-10(15)9-12(4,5-7-13)6-8-14;/h13-14H,5-9H2,1-4H3;1H/q+1;/p-1. The van der Waals surface area contributed by atoms with E-state index in [1.807, 2.05) is 27.8 Å². The Hall–Kier alpha value is -0.170. The number of esters is 1. The fourth-order valence-corrected chi connectivity index (χ4v) is 1.44. The van der Waals surface area contributed by atoms with Crippen molar-refractivity contribution in [3.63, 3.8) is 0 Å². The minimum atomic E-state index is -0.500. The van der Waals surface area contributed by atoms with E-state index >= 15 is 0 Å². The lowest BCUT2D eigenvalue weighted by Gasteiger charge is -2.33. The van der Waals surface area contributed by atoms with Gasteiger partial charge in [0.1, 0.15) is 18.7 Å². The lowest BCUT2D eigenvalue weighted by Crippen LogP contribution is -3.00. The Labute approximate surface area is 114 Å². The number of hydrogen-bond acceptors (Lipinski definition) is 4. The summed E-state index contributed by atoms with van der Waals surface area (Å²) in [4.78, 5) is 11.6. The monoisotopic (exact) mass is 313 g/mol. The summed E-state index contributed by atoms with van der Waals surface area (Å²) >= 11 is 0. The van der Waals surface area contributed by atoms with Gasteiger partial charge in [-0.1, -0.05) is 0 Å². The van der Waals surface area contributed by atoms with Gasteiger partial charge < -0.3 is 36.4 Å². The van der Waals surface area contributed by atoms with E-state index in [-0.39, 0.29) is 42.7 Å². The van der Waals surface area contributed by atoms with Gasteiger partial charge >= 0.3 is 5.97 Å². The molecule has 0 fully saturated rings. The Morgan fingerprint density at radius 1 is 1.18 bits per heavy atom. The van der Waals surface area contributed by atoms with Gasteiger partial charge in [0.15, 0.2) is 6.54 Å². The van der Waals surface area contributed by atoms with Gasteiger partial charge in [0.25, 0.3) is 0 Å². The zero-order valence-electron chi connectivity index (χ0n) is 11.1. The lowest BCUT2D eigenvalue weighted by molar-refractivity contribution is -0.903. The number of quaternary nitrogens is 1. The topological polar surface area (TPSA) is 66.8 Å². The molecule has 0 aliphatic heterocycles. The van der Waals surface area contributed by atoms with Gasteiger partial charge in [-0.05, 0) is 20.8 Å². The van der Waals surface area contributed by atoms with E-state index in [0.717, 1.165) is 0 Å². The Balaban J connectivity index is 0. The molecule has 0 heterocycles. The fraction of sp³-hybridized carbons (Fsp3) is 0.909. The van der Waals surface area contributed by atoms with Crippen molar-refractivity contribution >= 4 is 5.97 Å². The molecule has 0 aromatic heterocycles. The molecule has 17 heavy (non-hydrogen) atoms. The minimum absolute atomic E-state index is 0. The molecule has 0 unspecified atom stereocenters. The molecular weight excluding hydrogens is 290 g/mol. The van der Waals surface area contributed by atoms with Crippen LogP contribution >= 0.6 is 0 Å². The maximum absolute atomic E-state index is 11.6. The number of aliphatic hydroxyl groups is 2.